The zero-order valence-corrected chi connectivity index (χ0v) is 21.5. The van der Waals surface area contributed by atoms with Crippen LogP contribution in [0, 0.1) is 11.8 Å². The first kappa shape index (κ1) is 24.5. The van der Waals surface area contributed by atoms with Gasteiger partial charge in [-0.25, -0.2) is 19.5 Å². The summed E-state index contributed by atoms with van der Waals surface area (Å²) in [6, 6.07) is 15.5. The second-order valence-corrected chi connectivity index (χ2v) is 9.00. The number of hydrogen-bond donors (Lipinski definition) is 2. The number of para-hydroxylation sites is 1. The van der Waals surface area contributed by atoms with Gasteiger partial charge < -0.3 is 11.1 Å². The van der Waals surface area contributed by atoms with Crippen LogP contribution in [0.4, 0.5) is 5.82 Å². The molecule has 12 heteroatoms. The van der Waals surface area contributed by atoms with E-state index < -0.39 is 11.9 Å². The highest BCUT2D eigenvalue weighted by atomic mass is 16.2. The zero-order valence-electron chi connectivity index (χ0n) is 21.5. The van der Waals surface area contributed by atoms with Crippen LogP contribution in [0.5, 0.6) is 0 Å². The summed E-state index contributed by atoms with van der Waals surface area (Å²) in [5.74, 6) is 5.92. The number of benzene rings is 2. The van der Waals surface area contributed by atoms with Crippen molar-refractivity contribution in [1.29, 1.82) is 0 Å². The highest BCUT2D eigenvalue weighted by Gasteiger charge is 2.25. The third-order valence-electron chi connectivity index (χ3n) is 6.27. The maximum Gasteiger partial charge on any atom is 0.267 e. The largest absolute Gasteiger partial charge is 0.381 e. The van der Waals surface area contributed by atoms with E-state index in [1.165, 1.54) is 21.7 Å². The molecule has 196 valence electrons. The first-order chi connectivity index (χ1) is 19.4. The number of nitrogens with zero attached hydrogens (tertiary/aromatic N) is 8. The van der Waals surface area contributed by atoms with Crippen molar-refractivity contribution in [2.75, 3.05) is 5.73 Å². The van der Waals surface area contributed by atoms with Crippen LogP contribution in [0.15, 0.2) is 78.2 Å². The Hall–Kier alpha value is -5.83. The van der Waals surface area contributed by atoms with Crippen molar-refractivity contribution in [3.63, 3.8) is 0 Å². The molecule has 2 aromatic carbocycles. The van der Waals surface area contributed by atoms with Crippen molar-refractivity contribution >= 4 is 28.3 Å². The van der Waals surface area contributed by atoms with E-state index in [1.54, 1.807) is 54.2 Å². The minimum atomic E-state index is -0.704. The van der Waals surface area contributed by atoms with Gasteiger partial charge in [-0.05, 0) is 43.2 Å². The van der Waals surface area contributed by atoms with Gasteiger partial charge >= 0.3 is 0 Å². The van der Waals surface area contributed by atoms with Gasteiger partial charge in [-0.15, -0.1) is 5.10 Å². The molecule has 0 aliphatic carbocycles. The molecule has 0 fully saturated rings. The lowest BCUT2D eigenvalue weighted by Gasteiger charge is -2.20. The van der Waals surface area contributed by atoms with E-state index in [2.05, 4.69) is 37.3 Å². The molecule has 4 heterocycles. The topological polar surface area (TPSA) is 151 Å². The van der Waals surface area contributed by atoms with Crippen molar-refractivity contribution in [3.05, 3.63) is 106 Å². The average Bonchev–Trinajstić information content (AvgIpc) is 3.53. The van der Waals surface area contributed by atoms with Gasteiger partial charge in [0.05, 0.1) is 22.6 Å². The Labute approximate surface area is 227 Å². The van der Waals surface area contributed by atoms with Gasteiger partial charge in [0.15, 0.2) is 11.5 Å². The molecular weight excluding hydrogens is 508 g/mol. The van der Waals surface area contributed by atoms with Crippen LogP contribution in [-0.4, -0.2) is 44.8 Å². The Morgan fingerprint density at radius 2 is 1.88 bits per heavy atom. The predicted molar refractivity (Wildman–Crippen MR) is 148 cm³/mol. The molecule has 1 amide bonds. The fourth-order valence-corrected chi connectivity index (χ4v) is 4.46. The normalized spacial score (nSPS) is 11.8. The van der Waals surface area contributed by atoms with Crippen LogP contribution in [0.1, 0.15) is 40.4 Å². The number of aromatic nitrogens is 8. The van der Waals surface area contributed by atoms with E-state index >= 15 is 0 Å². The molecule has 0 saturated carbocycles. The van der Waals surface area contributed by atoms with Crippen LogP contribution < -0.4 is 16.6 Å². The number of nitrogens with one attached hydrogen (secondary N) is 1. The van der Waals surface area contributed by atoms with Crippen molar-refractivity contribution < 1.29 is 4.79 Å². The third kappa shape index (κ3) is 4.31. The fraction of sp³-hybridized carbons (Fsp3) is 0.107. The number of carbonyl (C=O) groups is 1. The summed E-state index contributed by atoms with van der Waals surface area (Å²) in [6.45, 7) is 1.74. The van der Waals surface area contributed by atoms with E-state index in [4.69, 9.17) is 10.7 Å². The van der Waals surface area contributed by atoms with Crippen molar-refractivity contribution in [3.8, 4) is 17.5 Å². The Bertz CT molecular complexity index is 2030. The van der Waals surface area contributed by atoms with Crippen LogP contribution in [0.25, 0.3) is 22.2 Å². The number of amides is 1. The Morgan fingerprint density at radius 3 is 2.65 bits per heavy atom. The highest BCUT2D eigenvalue weighted by Crippen LogP contribution is 2.22. The molecule has 1 atom stereocenters. The standard InChI is InChI=1S/C28H22N10O2/c1-17(32-27(39)23-24(29)35-37-16-30-15-31-26(23)37)25-33-21-10-6-7-18(11-12-19-13-14-36(2)34-19)22(21)28(40)38(25)20-8-4-3-5-9-20/h3-10,13-17H,1-2H3,(H2,29,35)(H,32,39)/t17-/m0/s1. The number of rotatable bonds is 4. The number of nitrogen functional groups attached to an aromatic ring is 1. The Balaban J connectivity index is 1.48. The van der Waals surface area contributed by atoms with Crippen LogP contribution in [0.2, 0.25) is 0 Å². The summed E-state index contributed by atoms with van der Waals surface area (Å²) in [7, 11) is 1.81. The smallest absolute Gasteiger partial charge is 0.267 e. The van der Waals surface area contributed by atoms with Crippen LogP contribution in [0.3, 0.4) is 0 Å². The molecule has 3 N–H and O–H groups in total. The number of nitrogens with two attached hydrogens (primary N) is 1. The summed E-state index contributed by atoms with van der Waals surface area (Å²) in [5.41, 5.74) is 8.22. The minimum Gasteiger partial charge on any atom is -0.381 e. The van der Waals surface area contributed by atoms with Gasteiger partial charge in [-0.3, -0.25) is 18.8 Å². The maximum absolute atomic E-state index is 14.1. The Morgan fingerprint density at radius 1 is 1.05 bits per heavy atom. The molecule has 0 aliphatic heterocycles. The van der Waals surface area contributed by atoms with Crippen LogP contribution in [-0.2, 0) is 7.05 Å². The summed E-state index contributed by atoms with van der Waals surface area (Å²) in [4.78, 5) is 40.3. The summed E-state index contributed by atoms with van der Waals surface area (Å²) in [5, 5.41) is 11.7. The molecule has 6 rings (SSSR count). The first-order valence-electron chi connectivity index (χ1n) is 12.3. The predicted octanol–water partition coefficient (Wildman–Crippen LogP) is 2.03. The number of fused-ring (bicyclic) bond motifs is 2. The van der Waals surface area contributed by atoms with Crippen molar-refractivity contribution in [2.24, 2.45) is 7.05 Å². The van der Waals surface area contributed by atoms with Gasteiger partial charge in [0.25, 0.3) is 11.5 Å². The highest BCUT2D eigenvalue weighted by molar-refractivity contribution is 6.04. The molecular formula is C28H22N10O2. The molecule has 40 heavy (non-hydrogen) atoms. The van der Waals surface area contributed by atoms with E-state index in [9.17, 15) is 9.59 Å². The van der Waals surface area contributed by atoms with E-state index in [1.807, 2.05) is 25.2 Å². The third-order valence-corrected chi connectivity index (χ3v) is 6.27. The number of carbonyl (C=O) groups excluding carboxylic acids is 1. The SMILES string of the molecule is C[C@H](NC(=O)c1c(N)nn2cncnc12)c1nc2cccc(C#Cc3ccn(C)n3)c2c(=O)n1-c1ccccc1. The summed E-state index contributed by atoms with van der Waals surface area (Å²) < 4.78 is 4.48. The summed E-state index contributed by atoms with van der Waals surface area (Å²) in [6.07, 6.45) is 4.51. The average molecular weight is 531 g/mol. The van der Waals surface area contributed by atoms with Gasteiger partial charge in [0.2, 0.25) is 0 Å². The van der Waals surface area contributed by atoms with E-state index in [0.717, 1.165) is 0 Å². The molecule has 0 bridgehead atoms. The number of hydrogen-bond acceptors (Lipinski definition) is 8. The second kappa shape index (κ2) is 9.80. The molecule has 0 spiro atoms. The number of aryl methyl sites for hydroxylation is 1. The van der Waals surface area contributed by atoms with E-state index in [0.29, 0.717) is 33.7 Å². The minimum absolute atomic E-state index is 0.00763. The molecule has 0 saturated heterocycles. The lowest BCUT2D eigenvalue weighted by molar-refractivity contribution is 0.0940. The van der Waals surface area contributed by atoms with Gasteiger partial charge in [0, 0.05) is 18.8 Å². The van der Waals surface area contributed by atoms with E-state index in [-0.39, 0.29) is 22.6 Å². The summed E-state index contributed by atoms with van der Waals surface area (Å²) >= 11 is 0. The number of anilines is 1. The fourth-order valence-electron chi connectivity index (χ4n) is 4.46. The van der Waals surface area contributed by atoms with Gasteiger partial charge in [-0.1, -0.05) is 30.2 Å². The maximum atomic E-state index is 14.1. The van der Waals surface area contributed by atoms with Crippen LogP contribution >= 0.6 is 0 Å². The quantitative estimate of drug-likeness (QED) is 0.329. The van der Waals surface area contributed by atoms with Gasteiger partial charge in [-0.2, -0.15) is 5.10 Å². The van der Waals surface area contributed by atoms with Gasteiger partial charge in [0.1, 0.15) is 29.7 Å². The van der Waals surface area contributed by atoms with Crippen molar-refractivity contribution in [2.45, 2.75) is 13.0 Å². The molecule has 4 aromatic heterocycles. The zero-order chi connectivity index (χ0) is 27.8. The van der Waals surface area contributed by atoms with Crippen molar-refractivity contribution in [1.82, 2.24) is 44.2 Å². The molecule has 6 aromatic rings. The molecule has 0 radical (unpaired) electrons. The first-order valence-corrected chi connectivity index (χ1v) is 12.3. The molecule has 0 aliphatic rings. The molecule has 12 nitrogen and oxygen atoms in total. The monoisotopic (exact) mass is 530 g/mol. The Kier molecular flexibility index (Phi) is 6.01. The second-order valence-electron chi connectivity index (χ2n) is 9.00. The molecule has 0 unspecified atom stereocenters. The lowest BCUT2D eigenvalue weighted by Crippen LogP contribution is -2.33. The lowest BCUT2D eigenvalue weighted by atomic mass is 10.1.